The number of hydrogen-bond acceptors (Lipinski definition) is 5. The molecule has 17 heavy (non-hydrogen) atoms. The lowest BCUT2D eigenvalue weighted by atomic mass is 10.4. The van der Waals surface area contributed by atoms with Crippen LogP contribution in [0.4, 0.5) is 5.95 Å². The Balaban J connectivity index is 1.91. The van der Waals surface area contributed by atoms with E-state index in [1.165, 1.54) is 0 Å². The van der Waals surface area contributed by atoms with E-state index in [4.69, 9.17) is 4.74 Å². The van der Waals surface area contributed by atoms with E-state index in [-0.39, 0.29) is 0 Å². The first-order valence-electron chi connectivity index (χ1n) is 5.56. The van der Waals surface area contributed by atoms with Gasteiger partial charge < -0.3 is 10.1 Å². The number of nitrogens with zero attached hydrogens (tertiary/aromatic N) is 3. The van der Waals surface area contributed by atoms with Gasteiger partial charge >= 0.3 is 0 Å². The largest absolute Gasteiger partial charge is 0.478 e. The van der Waals surface area contributed by atoms with Crippen LogP contribution in [-0.4, -0.2) is 26.8 Å². The Kier molecular flexibility index (Phi) is 3.90. The van der Waals surface area contributed by atoms with Gasteiger partial charge in [0.1, 0.15) is 0 Å². The molecule has 0 unspecified atom stereocenters. The van der Waals surface area contributed by atoms with Crippen molar-refractivity contribution in [2.75, 3.05) is 11.9 Å². The predicted octanol–water partition coefficient (Wildman–Crippen LogP) is 1.60. The Morgan fingerprint density at radius 2 is 2.29 bits per heavy atom. The third kappa shape index (κ3) is 3.44. The highest BCUT2D eigenvalue weighted by atomic mass is 16.5. The smallest absolute Gasteiger partial charge is 0.226 e. The van der Waals surface area contributed by atoms with Gasteiger partial charge in [0, 0.05) is 18.5 Å². The standard InChI is InChI=1S/C11H15N5O/c1-2-7-17-10-4-5-12-11(15-10)13-8-9-3-6-14-16-9/h3-6H,2,7-8H2,1H3,(H,14,16)(H,12,13,15). The zero-order chi connectivity index (χ0) is 11.9. The average molecular weight is 233 g/mol. The van der Waals surface area contributed by atoms with Crippen LogP contribution in [0.2, 0.25) is 0 Å². The highest BCUT2D eigenvalue weighted by Gasteiger charge is 2.00. The summed E-state index contributed by atoms with van der Waals surface area (Å²) in [5.74, 6) is 1.14. The zero-order valence-electron chi connectivity index (χ0n) is 9.68. The Hall–Kier alpha value is -2.11. The van der Waals surface area contributed by atoms with Gasteiger partial charge in [-0.05, 0) is 12.5 Å². The van der Waals surface area contributed by atoms with E-state index >= 15 is 0 Å². The SMILES string of the molecule is CCCOc1ccnc(NCc2ccn[nH]2)n1. The van der Waals surface area contributed by atoms with E-state index in [1.807, 2.05) is 6.07 Å². The lowest BCUT2D eigenvalue weighted by Gasteiger charge is -2.06. The van der Waals surface area contributed by atoms with E-state index in [0.29, 0.717) is 25.0 Å². The van der Waals surface area contributed by atoms with Crippen molar-refractivity contribution < 1.29 is 4.74 Å². The van der Waals surface area contributed by atoms with Crippen LogP contribution in [0.3, 0.4) is 0 Å². The summed E-state index contributed by atoms with van der Waals surface area (Å²) >= 11 is 0. The molecule has 0 atom stereocenters. The Bertz CT molecular complexity index is 443. The third-order valence-corrected chi connectivity index (χ3v) is 2.08. The van der Waals surface area contributed by atoms with Gasteiger partial charge in [0.15, 0.2) is 0 Å². The molecular weight excluding hydrogens is 218 g/mol. The monoisotopic (exact) mass is 233 g/mol. The fourth-order valence-corrected chi connectivity index (χ4v) is 1.27. The van der Waals surface area contributed by atoms with Crippen LogP contribution in [0.15, 0.2) is 24.5 Å². The Labute approximate surface area is 99.4 Å². The fourth-order valence-electron chi connectivity index (χ4n) is 1.27. The third-order valence-electron chi connectivity index (χ3n) is 2.08. The second kappa shape index (κ2) is 5.83. The van der Waals surface area contributed by atoms with E-state index in [0.717, 1.165) is 12.1 Å². The molecule has 6 nitrogen and oxygen atoms in total. The molecule has 0 aliphatic heterocycles. The molecule has 6 heteroatoms. The minimum Gasteiger partial charge on any atom is -0.478 e. The maximum Gasteiger partial charge on any atom is 0.226 e. The number of anilines is 1. The number of aromatic amines is 1. The molecule has 0 aromatic carbocycles. The Morgan fingerprint density at radius 1 is 1.35 bits per heavy atom. The molecule has 0 saturated heterocycles. The predicted molar refractivity (Wildman–Crippen MR) is 63.7 cm³/mol. The molecule has 0 radical (unpaired) electrons. The molecule has 0 saturated carbocycles. The minimum absolute atomic E-state index is 0.549. The molecule has 0 bridgehead atoms. The van der Waals surface area contributed by atoms with E-state index in [2.05, 4.69) is 32.4 Å². The van der Waals surface area contributed by atoms with Crippen LogP contribution in [0, 0.1) is 0 Å². The maximum absolute atomic E-state index is 5.42. The minimum atomic E-state index is 0.549. The summed E-state index contributed by atoms with van der Waals surface area (Å²) < 4.78 is 5.42. The van der Waals surface area contributed by atoms with Crippen molar-refractivity contribution in [2.45, 2.75) is 19.9 Å². The van der Waals surface area contributed by atoms with E-state index in [9.17, 15) is 0 Å². The van der Waals surface area contributed by atoms with Crippen molar-refractivity contribution in [3.05, 3.63) is 30.2 Å². The lowest BCUT2D eigenvalue weighted by Crippen LogP contribution is -2.05. The lowest BCUT2D eigenvalue weighted by molar-refractivity contribution is 0.305. The van der Waals surface area contributed by atoms with Crippen molar-refractivity contribution in [2.24, 2.45) is 0 Å². The van der Waals surface area contributed by atoms with Crippen molar-refractivity contribution >= 4 is 5.95 Å². The molecule has 2 rings (SSSR count). The number of rotatable bonds is 6. The van der Waals surface area contributed by atoms with Gasteiger partial charge in [-0.1, -0.05) is 6.92 Å². The van der Waals surface area contributed by atoms with Gasteiger partial charge in [-0.3, -0.25) is 5.10 Å². The summed E-state index contributed by atoms with van der Waals surface area (Å²) in [6, 6.07) is 3.64. The Morgan fingerprint density at radius 3 is 3.06 bits per heavy atom. The quantitative estimate of drug-likeness (QED) is 0.792. The second-order valence-electron chi connectivity index (χ2n) is 3.50. The fraction of sp³-hybridized carbons (Fsp3) is 0.364. The summed E-state index contributed by atoms with van der Waals surface area (Å²) in [5, 5.41) is 9.81. The van der Waals surface area contributed by atoms with Crippen molar-refractivity contribution in [3.63, 3.8) is 0 Å². The molecule has 2 aromatic heterocycles. The first-order chi connectivity index (χ1) is 8.38. The summed E-state index contributed by atoms with van der Waals surface area (Å²) in [4.78, 5) is 8.34. The summed E-state index contributed by atoms with van der Waals surface area (Å²) in [6.45, 7) is 3.33. The van der Waals surface area contributed by atoms with Crippen molar-refractivity contribution in [1.82, 2.24) is 20.2 Å². The van der Waals surface area contributed by atoms with Crippen LogP contribution < -0.4 is 10.1 Å². The highest BCUT2D eigenvalue weighted by molar-refractivity contribution is 5.28. The van der Waals surface area contributed by atoms with E-state index < -0.39 is 0 Å². The van der Waals surface area contributed by atoms with Crippen LogP contribution >= 0.6 is 0 Å². The van der Waals surface area contributed by atoms with Gasteiger partial charge in [-0.2, -0.15) is 10.1 Å². The van der Waals surface area contributed by atoms with Gasteiger partial charge in [0.25, 0.3) is 0 Å². The normalized spacial score (nSPS) is 10.2. The number of nitrogens with one attached hydrogen (secondary N) is 2. The molecule has 0 spiro atoms. The molecule has 90 valence electrons. The summed E-state index contributed by atoms with van der Waals surface area (Å²) in [7, 11) is 0. The number of hydrogen-bond donors (Lipinski definition) is 2. The number of aromatic nitrogens is 4. The zero-order valence-corrected chi connectivity index (χ0v) is 9.68. The van der Waals surface area contributed by atoms with Crippen LogP contribution in [0.5, 0.6) is 5.88 Å². The molecule has 2 heterocycles. The molecule has 2 N–H and O–H groups in total. The molecule has 0 aliphatic rings. The second-order valence-corrected chi connectivity index (χ2v) is 3.50. The van der Waals surface area contributed by atoms with Gasteiger partial charge in [-0.15, -0.1) is 0 Å². The van der Waals surface area contributed by atoms with E-state index in [1.54, 1.807) is 18.5 Å². The van der Waals surface area contributed by atoms with Crippen molar-refractivity contribution in [3.8, 4) is 5.88 Å². The molecule has 0 aliphatic carbocycles. The topological polar surface area (TPSA) is 75.7 Å². The van der Waals surface area contributed by atoms with Gasteiger partial charge in [0.2, 0.25) is 11.8 Å². The summed E-state index contributed by atoms with van der Waals surface area (Å²) in [5.41, 5.74) is 0.980. The number of H-pyrrole nitrogens is 1. The molecule has 0 amide bonds. The van der Waals surface area contributed by atoms with Crippen LogP contribution in [-0.2, 0) is 6.54 Å². The van der Waals surface area contributed by atoms with Gasteiger partial charge in [-0.25, -0.2) is 4.98 Å². The average Bonchev–Trinajstić information content (AvgIpc) is 2.87. The highest BCUT2D eigenvalue weighted by Crippen LogP contribution is 2.09. The summed E-state index contributed by atoms with van der Waals surface area (Å²) in [6.07, 6.45) is 4.34. The van der Waals surface area contributed by atoms with Gasteiger partial charge in [0.05, 0.1) is 18.8 Å². The number of ether oxygens (including phenoxy) is 1. The van der Waals surface area contributed by atoms with Crippen LogP contribution in [0.25, 0.3) is 0 Å². The first kappa shape index (κ1) is 11.4. The molecular formula is C11H15N5O. The van der Waals surface area contributed by atoms with Crippen LogP contribution in [0.1, 0.15) is 19.0 Å². The first-order valence-corrected chi connectivity index (χ1v) is 5.56. The molecule has 0 fully saturated rings. The molecule has 2 aromatic rings. The van der Waals surface area contributed by atoms with Crippen molar-refractivity contribution in [1.29, 1.82) is 0 Å². The maximum atomic E-state index is 5.42.